The second-order valence-electron chi connectivity index (χ2n) is 8.45. The molecule has 0 radical (unpaired) electrons. The van der Waals surface area contributed by atoms with E-state index in [2.05, 4.69) is 10.3 Å². The number of rotatable bonds is 7. The summed E-state index contributed by atoms with van der Waals surface area (Å²) in [5.41, 5.74) is -0.175. The third-order valence-corrected chi connectivity index (χ3v) is 5.19. The Labute approximate surface area is 185 Å². The minimum absolute atomic E-state index is 0.00828. The number of thiazole rings is 1. The molecule has 7 nitrogen and oxygen atoms in total. The van der Waals surface area contributed by atoms with Gasteiger partial charge in [0.25, 0.3) is 5.91 Å². The zero-order chi connectivity index (χ0) is 23.2. The Balaban J connectivity index is 2.12. The summed E-state index contributed by atoms with van der Waals surface area (Å²) in [6.45, 7) is 9.34. The van der Waals surface area contributed by atoms with E-state index in [1.807, 2.05) is 27.7 Å². The van der Waals surface area contributed by atoms with Crippen LogP contribution in [0, 0.1) is 17.2 Å². The first-order valence-corrected chi connectivity index (χ1v) is 10.9. The number of hydrogen-bond acceptors (Lipinski definition) is 5. The summed E-state index contributed by atoms with van der Waals surface area (Å²) in [6, 6.07) is 3.79. The number of aromatic nitrogens is 1. The van der Waals surface area contributed by atoms with E-state index in [9.17, 15) is 18.8 Å². The molecule has 0 spiro atoms. The van der Waals surface area contributed by atoms with Crippen molar-refractivity contribution in [2.75, 3.05) is 5.32 Å². The molecule has 1 aromatic heterocycles. The normalized spacial score (nSPS) is 13.0. The molecule has 1 unspecified atom stereocenters. The van der Waals surface area contributed by atoms with Crippen molar-refractivity contribution in [1.82, 2.24) is 4.57 Å². The van der Waals surface area contributed by atoms with Crippen molar-refractivity contribution in [2.45, 2.75) is 54.2 Å². The molecule has 31 heavy (non-hydrogen) atoms. The number of nitrogens with zero attached hydrogens (tertiary/aromatic N) is 2. The molecule has 168 valence electrons. The minimum Gasteiger partial charge on any atom is -0.444 e. The molecule has 9 heteroatoms. The van der Waals surface area contributed by atoms with Gasteiger partial charge in [0.15, 0.2) is 11.5 Å². The molecule has 0 saturated carbocycles. The van der Waals surface area contributed by atoms with Gasteiger partial charge >= 0.3 is 5.97 Å². The number of benzene rings is 1. The molecule has 0 aliphatic carbocycles. The maximum absolute atomic E-state index is 14.4. The second-order valence-corrected chi connectivity index (χ2v) is 9.33. The Morgan fingerprint density at radius 1 is 1.29 bits per heavy atom. The van der Waals surface area contributed by atoms with Crippen LogP contribution in [0.5, 0.6) is 0 Å². The Kier molecular flexibility index (Phi) is 8.27. The van der Waals surface area contributed by atoms with Crippen LogP contribution in [0.1, 0.15) is 57.8 Å². The van der Waals surface area contributed by atoms with Crippen LogP contribution < -0.4 is 10.1 Å². The van der Waals surface area contributed by atoms with Gasteiger partial charge in [0.1, 0.15) is 5.82 Å². The van der Waals surface area contributed by atoms with E-state index in [1.165, 1.54) is 28.0 Å². The zero-order valence-electron chi connectivity index (χ0n) is 18.4. The Morgan fingerprint density at radius 2 is 2.00 bits per heavy atom. The van der Waals surface area contributed by atoms with Crippen LogP contribution in [-0.2, 0) is 21.1 Å². The molecule has 0 saturated heterocycles. The zero-order valence-corrected chi connectivity index (χ0v) is 19.2. The Hall–Kier alpha value is -2.81. The molecule has 1 aromatic carbocycles. The van der Waals surface area contributed by atoms with Crippen molar-refractivity contribution in [3.8, 4) is 0 Å². The quantitative estimate of drug-likeness (QED) is 0.637. The van der Waals surface area contributed by atoms with Crippen molar-refractivity contribution >= 4 is 34.8 Å². The molecule has 2 amide bonds. The van der Waals surface area contributed by atoms with Gasteiger partial charge in [-0.2, -0.15) is 4.99 Å². The second kappa shape index (κ2) is 10.5. The molecule has 0 fully saturated rings. The summed E-state index contributed by atoms with van der Waals surface area (Å²) in [5.74, 6) is -2.21. The fourth-order valence-electron chi connectivity index (χ4n) is 2.50. The number of carbonyl (C=O) groups excluding carboxylic acids is 3. The van der Waals surface area contributed by atoms with Gasteiger partial charge in [-0.15, -0.1) is 11.3 Å². The number of ether oxygens (including phenoxy) is 1. The van der Waals surface area contributed by atoms with Gasteiger partial charge in [-0.3, -0.25) is 19.0 Å². The van der Waals surface area contributed by atoms with Gasteiger partial charge in [-0.05, 0) is 30.0 Å². The number of amides is 2. The van der Waals surface area contributed by atoms with Crippen LogP contribution in [-0.4, -0.2) is 22.4 Å². The minimum atomic E-state index is -0.718. The summed E-state index contributed by atoms with van der Waals surface area (Å²) in [5, 5.41) is 4.23. The van der Waals surface area contributed by atoms with Crippen LogP contribution in [0.25, 0.3) is 0 Å². The Morgan fingerprint density at radius 3 is 2.61 bits per heavy atom. The third kappa shape index (κ3) is 7.43. The first kappa shape index (κ1) is 24.5. The highest BCUT2D eigenvalue weighted by atomic mass is 32.1. The average Bonchev–Trinajstić information content (AvgIpc) is 3.12. The molecule has 0 bridgehead atoms. The third-order valence-electron chi connectivity index (χ3n) is 4.40. The molecule has 0 aliphatic rings. The molecule has 1 atom stereocenters. The lowest BCUT2D eigenvalue weighted by Crippen LogP contribution is -2.22. The number of carbonyl (C=O) groups is 3. The maximum Gasteiger partial charge on any atom is 0.310 e. The number of anilines is 1. The van der Waals surface area contributed by atoms with Crippen molar-refractivity contribution in [3.63, 3.8) is 0 Å². The summed E-state index contributed by atoms with van der Waals surface area (Å²) >= 11 is 1.19. The highest BCUT2D eigenvalue weighted by Crippen LogP contribution is 2.21. The number of hydrogen-bond donors (Lipinski definition) is 1. The highest BCUT2D eigenvalue weighted by molar-refractivity contribution is 7.07. The van der Waals surface area contributed by atoms with Gasteiger partial charge < -0.3 is 10.1 Å². The summed E-state index contributed by atoms with van der Waals surface area (Å²) in [6.07, 6.45) is 2.55. The lowest BCUT2D eigenvalue weighted by atomic mass is 9.92. The van der Waals surface area contributed by atoms with E-state index >= 15 is 0 Å². The van der Waals surface area contributed by atoms with E-state index < -0.39 is 11.7 Å². The highest BCUT2D eigenvalue weighted by Gasteiger charge is 2.18. The Bertz CT molecular complexity index is 1020. The maximum atomic E-state index is 14.4. The summed E-state index contributed by atoms with van der Waals surface area (Å²) in [4.78, 5) is 40.7. The summed E-state index contributed by atoms with van der Waals surface area (Å²) in [7, 11) is 0. The number of nitrogens with one attached hydrogen (secondary N) is 1. The fraction of sp³-hybridized carbons (Fsp3) is 0.455. The van der Waals surface area contributed by atoms with Crippen molar-refractivity contribution in [2.24, 2.45) is 16.3 Å². The fourth-order valence-corrected chi connectivity index (χ4v) is 3.22. The van der Waals surface area contributed by atoms with E-state index in [1.54, 1.807) is 18.5 Å². The van der Waals surface area contributed by atoms with Crippen LogP contribution in [0.3, 0.4) is 0 Å². The smallest absolute Gasteiger partial charge is 0.310 e. The van der Waals surface area contributed by atoms with E-state index in [4.69, 9.17) is 4.74 Å². The van der Waals surface area contributed by atoms with E-state index in [-0.39, 0.29) is 47.6 Å². The topological polar surface area (TPSA) is 89.8 Å². The van der Waals surface area contributed by atoms with Gasteiger partial charge in [0.05, 0.1) is 11.6 Å². The van der Waals surface area contributed by atoms with Crippen molar-refractivity contribution in [1.29, 1.82) is 0 Å². The van der Waals surface area contributed by atoms with Gasteiger partial charge in [0, 0.05) is 23.6 Å². The monoisotopic (exact) mass is 449 g/mol. The predicted molar refractivity (Wildman–Crippen MR) is 117 cm³/mol. The lowest BCUT2D eigenvalue weighted by Gasteiger charge is -2.17. The SMILES string of the molecule is CCC(C)C(=O)OCn1ccsc1=NC(=O)c1ccc(NC(=O)CC(C)(C)C)c(F)c1. The predicted octanol–water partition coefficient (Wildman–Crippen LogP) is 4.35. The molecule has 2 aromatic rings. The van der Waals surface area contributed by atoms with Gasteiger partial charge in [-0.1, -0.05) is 34.6 Å². The van der Waals surface area contributed by atoms with Crippen LogP contribution in [0.4, 0.5) is 10.1 Å². The number of esters is 1. The van der Waals surface area contributed by atoms with Crippen molar-refractivity contribution < 1.29 is 23.5 Å². The van der Waals surface area contributed by atoms with E-state index in [0.717, 1.165) is 6.07 Å². The van der Waals surface area contributed by atoms with Crippen LogP contribution in [0.2, 0.25) is 0 Å². The summed E-state index contributed by atoms with van der Waals surface area (Å²) < 4.78 is 21.2. The molecular weight excluding hydrogens is 421 g/mol. The standard InChI is InChI=1S/C22H28FN3O4S/c1-6-14(2)20(29)30-13-26-9-10-31-21(26)25-19(28)15-7-8-17(16(23)11-15)24-18(27)12-22(3,4)5/h7-11,14H,6,12-13H2,1-5H3,(H,24,27). The van der Waals surface area contributed by atoms with Crippen LogP contribution in [0.15, 0.2) is 34.8 Å². The molecule has 1 heterocycles. The van der Waals surface area contributed by atoms with E-state index in [0.29, 0.717) is 11.2 Å². The van der Waals surface area contributed by atoms with Crippen LogP contribution >= 0.6 is 11.3 Å². The molecule has 2 rings (SSSR count). The lowest BCUT2D eigenvalue weighted by molar-refractivity contribution is -0.152. The largest absolute Gasteiger partial charge is 0.444 e. The average molecular weight is 450 g/mol. The first-order chi connectivity index (χ1) is 14.5. The molecule has 1 N–H and O–H groups in total. The van der Waals surface area contributed by atoms with Gasteiger partial charge in [-0.25, -0.2) is 4.39 Å². The molecular formula is C22H28FN3O4S. The van der Waals surface area contributed by atoms with Gasteiger partial charge in [0.2, 0.25) is 5.91 Å². The first-order valence-electron chi connectivity index (χ1n) is 9.99. The number of halogens is 1. The molecule has 0 aliphatic heterocycles. The van der Waals surface area contributed by atoms with Crippen molar-refractivity contribution in [3.05, 3.63) is 46.0 Å².